The Kier molecular flexibility index (Phi) is 5.72. The summed E-state index contributed by atoms with van der Waals surface area (Å²) in [5.41, 5.74) is 0.292. The number of aromatic nitrogens is 2. The molecule has 0 aliphatic carbocycles. The van der Waals surface area contributed by atoms with Gasteiger partial charge in [-0.3, -0.25) is 4.79 Å². The second-order valence-corrected chi connectivity index (χ2v) is 7.89. The SMILES string of the molecule is COc1cc(C(F)(F)CCC(=O)N2C[C@@H]3CCC2CN3c2ccc(C#N)cn2)ccn1. The zero-order valence-electron chi connectivity index (χ0n) is 17.2. The van der Waals surface area contributed by atoms with Gasteiger partial charge in [-0.25, -0.2) is 18.7 Å². The van der Waals surface area contributed by atoms with Crippen molar-refractivity contribution in [2.45, 2.75) is 43.7 Å². The fourth-order valence-electron chi connectivity index (χ4n) is 4.34. The van der Waals surface area contributed by atoms with Crippen LogP contribution >= 0.6 is 0 Å². The number of piperidine rings is 2. The Labute approximate surface area is 179 Å². The van der Waals surface area contributed by atoms with Crippen LogP contribution in [0.4, 0.5) is 14.6 Å². The van der Waals surface area contributed by atoms with Crippen molar-refractivity contribution in [2.75, 3.05) is 25.1 Å². The number of methoxy groups -OCH3 is 1. The number of nitrogens with zero attached hydrogens (tertiary/aromatic N) is 5. The summed E-state index contributed by atoms with van der Waals surface area (Å²) in [5.74, 6) is -2.49. The van der Waals surface area contributed by atoms with Gasteiger partial charge in [0.15, 0.2) is 0 Å². The lowest BCUT2D eigenvalue weighted by Crippen LogP contribution is -2.64. The van der Waals surface area contributed by atoms with Gasteiger partial charge in [0.2, 0.25) is 11.8 Å². The Morgan fingerprint density at radius 1 is 1.26 bits per heavy atom. The van der Waals surface area contributed by atoms with E-state index in [1.807, 2.05) is 6.07 Å². The molecule has 5 heterocycles. The average molecular weight is 427 g/mol. The van der Waals surface area contributed by atoms with Crippen LogP contribution in [0.2, 0.25) is 0 Å². The molecule has 1 unspecified atom stereocenters. The second-order valence-electron chi connectivity index (χ2n) is 7.89. The van der Waals surface area contributed by atoms with E-state index in [1.54, 1.807) is 11.0 Å². The molecule has 2 aromatic heterocycles. The van der Waals surface area contributed by atoms with Gasteiger partial charge in [-0.1, -0.05) is 0 Å². The minimum Gasteiger partial charge on any atom is -0.481 e. The highest BCUT2D eigenvalue weighted by Crippen LogP contribution is 2.36. The molecule has 0 radical (unpaired) electrons. The van der Waals surface area contributed by atoms with Crippen LogP contribution in [0.15, 0.2) is 36.7 Å². The monoisotopic (exact) mass is 427 g/mol. The lowest BCUT2D eigenvalue weighted by molar-refractivity contribution is -0.138. The highest BCUT2D eigenvalue weighted by atomic mass is 19.3. The van der Waals surface area contributed by atoms with E-state index in [0.29, 0.717) is 18.7 Å². The first kappa shape index (κ1) is 21.0. The molecule has 0 spiro atoms. The predicted molar refractivity (Wildman–Crippen MR) is 109 cm³/mol. The van der Waals surface area contributed by atoms with Crippen LogP contribution in [0.3, 0.4) is 0 Å². The summed E-state index contributed by atoms with van der Waals surface area (Å²) < 4.78 is 34.2. The number of fused-ring (bicyclic) bond motifs is 3. The highest BCUT2D eigenvalue weighted by Gasteiger charge is 2.42. The maximum absolute atomic E-state index is 14.6. The van der Waals surface area contributed by atoms with Gasteiger partial charge in [-0.05, 0) is 31.0 Å². The molecular formula is C22H23F2N5O2. The van der Waals surface area contributed by atoms with Crippen molar-refractivity contribution >= 4 is 11.7 Å². The smallest absolute Gasteiger partial charge is 0.274 e. The first-order valence-electron chi connectivity index (χ1n) is 10.2. The number of carbonyl (C=O) groups excluding carboxylic acids is 1. The maximum atomic E-state index is 14.6. The Morgan fingerprint density at radius 2 is 2.06 bits per heavy atom. The van der Waals surface area contributed by atoms with E-state index in [9.17, 15) is 13.6 Å². The third kappa shape index (κ3) is 4.29. The predicted octanol–water partition coefficient (Wildman–Crippen LogP) is 3.11. The zero-order valence-corrected chi connectivity index (χ0v) is 17.2. The molecule has 0 aromatic carbocycles. The molecule has 2 aromatic rings. The van der Waals surface area contributed by atoms with Gasteiger partial charge in [0.25, 0.3) is 5.92 Å². The van der Waals surface area contributed by atoms with Gasteiger partial charge in [0.1, 0.15) is 11.9 Å². The lowest BCUT2D eigenvalue weighted by Gasteiger charge is -2.52. The number of carbonyl (C=O) groups is 1. The van der Waals surface area contributed by atoms with Crippen LogP contribution < -0.4 is 9.64 Å². The summed E-state index contributed by atoms with van der Waals surface area (Å²) in [4.78, 5) is 24.9. The van der Waals surface area contributed by atoms with Crippen LogP contribution in [0.1, 0.15) is 36.8 Å². The zero-order chi connectivity index (χ0) is 22.0. The Hall–Kier alpha value is -3.28. The Morgan fingerprint density at radius 3 is 2.71 bits per heavy atom. The molecule has 1 amide bonds. The fraction of sp³-hybridized carbons (Fsp3) is 0.455. The average Bonchev–Trinajstić information content (AvgIpc) is 2.83. The summed E-state index contributed by atoms with van der Waals surface area (Å²) in [6.07, 6.45) is 3.80. The Balaban J connectivity index is 1.38. The van der Waals surface area contributed by atoms with E-state index in [1.165, 1.54) is 31.6 Å². The molecule has 3 fully saturated rings. The van der Waals surface area contributed by atoms with Crippen molar-refractivity contribution in [3.05, 3.63) is 47.8 Å². The number of alkyl halides is 2. The third-order valence-corrected chi connectivity index (χ3v) is 6.04. The van der Waals surface area contributed by atoms with Crippen LogP contribution in [0.5, 0.6) is 5.88 Å². The lowest BCUT2D eigenvalue weighted by atomic mass is 9.90. The maximum Gasteiger partial charge on any atom is 0.274 e. The number of hydrogen-bond donors (Lipinski definition) is 0. The van der Waals surface area contributed by atoms with Crippen LogP contribution in [-0.2, 0) is 10.7 Å². The molecule has 3 aliphatic rings. The largest absolute Gasteiger partial charge is 0.481 e. The molecule has 162 valence electrons. The molecule has 0 saturated carbocycles. The Bertz CT molecular complexity index is 992. The number of piperazine rings is 1. The van der Waals surface area contributed by atoms with E-state index in [4.69, 9.17) is 10.00 Å². The quantitative estimate of drug-likeness (QED) is 0.705. The highest BCUT2D eigenvalue weighted by molar-refractivity contribution is 5.77. The van der Waals surface area contributed by atoms with Crippen LogP contribution in [0, 0.1) is 11.3 Å². The number of ether oxygens (including phenoxy) is 1. The number of pyridine rings is 2. The number of hydrogen-bond acceptors (Lipinski definition) is 6. The molecule has 31 heavy (non-hydrogen) atoms. The van der Waals surface area contributed by atoms with E-state index >= 15 is 0 Å². The van der Waals surface area contributed by atoms with Crippen molar-refractivity contribution in [1.29, 1.82) is 5.26 Å². The molecule has 0 N–H and O–H groups in total. The number of nitriles is 1. The fourth-order valence-corrected chi connectivity index (χ4v) is 4.34. The molecule has 7 nitrogen and oxygen atoms in total. The van der Waals surface area contributed by atoms with Gasteiger partial charge in [-0.15, -0.1) is 0 Å². The minimum absolute atomic E-state index is 0.0235. The van der Waals surface area contributed by atoms with Crippen LogP contribution in [-0.4, -0.2) is 53.1 Å². The molecule has 2 atom stereocenters. The van der Waals surface area contributed by atoms with Crippen molar-refractivity contribution < 1.29 is 18.3 Å². The summed E-state index contributed by atoms with van der Waals surface area (Å²) in [6.45, 7) is 1.12. The van der Waals surface area contributed by atoms with Gasteiger partial charge in [0.05, 0.1) is 12.7 Å². The standard InChI is InChI=1S/C22H23F2N5O2/c1-31-20-10-16(7-9-26-20)22(23,24)8-6-21(30)29-14-17-3-4-18(29)13-28(17)19-5-2-15(11-25)12-27-19/h2,5,7,9-10,12,17-18H,3-4,6,8,13-14H2,1H3/t17-,18?/m0/s1. The van der Waals surface area contributed by atoms with Gasteiger partial charge >= 0.3 is 0 Å². The molecular weight excluding hydrogens is 404 g/mol. The summed E-state index contributed by atoms with van der Waals surface area (Å²) in [5, 5.41) is 8.94. The molecule has 3 aliphatic heterocycles. The number of rotatable bonds is 6. The number of anilines is 1. The first-order valence-corrected chi connectivity index (χ1v) is 10.2. The van der Waals surface area contributed by atoms with Crippen molar-refractivity contribution in [3.63, 3.8) is 0 Å². The van der Waals surface area contributed by atoms with Gasteiger partial charge in [-0.2, -0.15) is 5.26 Å². The molecule has 3 saturated heterocycles. The van der Waals surface area contributed by atoms with Crippen molar-refractivity contribution in [2.24, 2.45) is 0 Å². The summed E-state index contributed by atoms with van der Waals surface area (Å²) in [6, 6.07) is 8.12. The van der Waals surface area contributed by atoms with Gasteiger partial charge in [0, 0.05) is 62.0 Å². The summed E-state index contributed by atoms with van der Waals surface area (Å²) in [7, 11) is 1.37. The van der Waals surface area contributed by atoms with E-state index in [-0.39, 0.29) is 35.9 Å². The normalized spacial score (nSPS) is 20.5. The molecule has 2 bridgehead atoms. The van der Waals surface area contributed by atoms with Crippen molar-refractivity contribution in [3.8, 4) is 11.9 Å². The first-order chi connectivity index (χ1) is 14.9. The van der Waals surface area contributed by atoms with E-state index in [0.717, 1.165) is 18.7 Å². The minimum atomic E-state index is -3.14. The van der Waals surface area contributed by atoms with Crippen molar-refractivity contribution in [1.82, 2.24) is 14.9 Å². The molecule has 9 heteroatoms. The topological polar surface area (TPSA) is 82.4 Å². The molecule has 5 rings (SSSR count). The number of amides is 1. The second kappa shape index (κ2) is 8.46. The van der Waals surface area contributed by atoms with E-state index in [2.05, 4.69) is 20.9 Å². The number of halogens is 2. The van der Waals surface area contributed by atoms with E-state index < -0.39 is 12.3 Å². The third-order valence-electron chi connectivity index (χ3n) is 6.04. The summed E-state index contributed by atoms with van der Waals surface area (Å²) >= 11 is 0. The van der Waals surface area contributed by atoms with Crippen LogP contribution in [0.25, 0.3) is 0 Å². The van der Waals surface area contributed by atoms with Gasteiger partial charge < -0.3 is 14.5 Å².